The summed E-state index contributed by atoms with van der Waals surface area (Å²) in [5, 5.41) is 22.6. The maximum absolute atomic E-state index is 12.1. The Morgan fingerprint density at radius 3 is 2.41 bits per heavy atom. The third kappa shape index (κ3) is 3.81. The summed E-state index contributed by atoms with van der Waals surface area (Å²) in [6, 6.07) is 3.70. The van der Waals surface area contributed by atoms with Crippen molar-refractivity contribution in [2.45, 2.75) is 34.6 Å². The van der Waals surface area contributed by atoms with Crippen LogP contribution in [0.25, 0.3) is 5.82 Å². The second-order valence-corrected chi connectivity index (χ2v) is 6.37. The lowest BCUT2D eigenvalue weighted by Gasteiger charge is -2.08. The number of rotatable bonds is 6. The first-order valence-corrected chi connectivity index (χ1v) is 8.70. The van der Waals surface area contributed by atoms with E-state index in [2.05, 4.69) is 31.1 Å². The predicted molar refractivity (Wildman–Crippen MR) is 100 cm³/mol. The number of aryl methyl sites for hydroxylation is 3. The van der Waals surface area contributed by atoms with Gasteiger partial charge >= 0.3 is 0 Å². The zero-order chi connectivity index (χ0) is 19.6. The lowest BCUT2D eigenvalue weighted by atomic mass is 10.2. The molecule has 0 aliphatic carbocycles. The Balaban J connectivity index is 1.53. The van der Waals surface area contributed by atoms with E-state index in [4.69, 9.17) is 4.52 Å². The summed E-state index contributed by atoms with van der Waals surface area (Å²) in [6.07, 6.45) is 0. The Bertz CT molecular complexity index is 937. The zero-order valence-corrected chi connectivity index (χ0v) is 16.1. The van der Waals surface area contributed by atoms with Crippen molar-refractivity contribution >= 4 is 11.7 Å². The van der Waals surface area contributed by atoms with Gasteiger partial charge in [0.25, 0.3) is 5.91 Å². The SMILES string of the molecule is Cc1nn(-c2ccc(NCCNC(=O)c3c(C)noc3C)nn2)c(C)c1C. The van der Waals surface area contributed by atoms with Crippen LogP contribution in [0, 0.1) is 34.6 Å². The molecule has 0 aliphatic rings. The van der Waals surface area contributed by atoms with Gasteiger partial charge in [-0.25, -0.2) is 4.68 Å². The maximum atomic E-state index is 12.1. The average Bonchev–Trinajstić information content (AvgIpc) is 3.12. The highest BCUT2D eigenvalue weighted by molar-refractivity contribution is 5.96. The fraction of sp³-hybridized carbons (Fsp3) is 0.389. The van der Waals surface area contributed by atoms with Gasteiger partial charge in [0.1, 0.15) is 17.1 Å². The van der Waals surface area contributed by atoms with Crippen LogP contribution in [0.3, 0.4) is 0 Å². The Kier molecular flexibility index (Phi) is 5.20. The number of amides is 1. The van der Waals surface area contributed by atoms with Crippen LogP contribution >= 0.6 is 0 Å². The zero-order valence-electron chi connectivity index (χ0n) is 16.1. The Hall–Kier alpha value is -3.23. The van der Waals surface area contributed by atoms with Crippen LogP contribution in [0.5, 0.6) is 0 Å². The molecule has 0 saturated carbocycles. The summed E-state index contributed by atoms with van der Waals surface area (Å²) >= 11 is 0. The minimum Gasteiger partial charge on any atom is -0.367 e. The smallest absolute Gasteiger partial charge is 0.256 e. The number of hydrogen-bond acceptors (Lipinski definition) is 7. The molecule has 2 N–H and O–H groups in total. The number of carbonyl (C=O) groups is 1. The molecule has 0 radical (unpaired) electrons. The summed E-state index contributed by atoms with van der Waals surface area (Å²) in [5.41, 5.74) is 4.24. The minimum absolute atomic E-state index is 0.200. The van der Waals surface area contributed by atoms with Crippen LogP contribution < -0.4 is 10.6 Å². The van der Waals surface area contributed by atoms with Gasteiger partial charge < -0.3 is 15.2 Å². The lowest BCUT2D eigenvalue weighted by Crippen LogP contribution is -2.29. The highest BCUT2D eigenvalue weighted by Gasteiger charge is 2.16. The topological polar surface area (TPSA) is 111 Å². The number of hydrogen-bond donors (Lipinski definition) is 2. The van der Waals surface area contributed by atoms with E-state index in [9.17, 15) is 4.79 Å². The van der Waals surface area contributed by atoms with Crippen LogP contribution in [0.2, 0.25) is 0 Å². The monoisotopic (exact) mass is 369 g/mol. The van der Waals surface area contributed by atoms with Crippen LogP contribution in [-0.4, -0.2) is 44.1 Å². The fourth-order valence-electron chi connectivity index (χ4n) is 2.74. The summed E-state index contributed by atoms with van der Waals surface area (Å²) in [6.45, 7) is 10.4. The molecule has 0 aliphatic heterocycles. The predicted octanol–water partition coefficient (Wildman–Crippen LogP) is 2.03. The van der Waals surface area contributed by atoms with Crippen molar-refractivity contribution in [3.05, 3.63) is 46.1 Å². The molecule has 0 fully saturated rings. The van der Waals surface area contributed by atoms with Crippen molar-refractivity contribution in [3.63, 3.8) is 0 Å². The van der Waals surface area contributed by atoms with Gasteiger partial charge in [0.2, 0.25) is 0 Å². The maximum Gasteiger partial charge on any atom is 0.256 e. The molecule has 9 nitrogen and oxygen atoms in total. The van der Waals surface area contributed by atoms with Gasteiger partial charge in [-0.2, -0.15) is 5.10 Å². The highest BCUT2D eigenvalue weighted by Crippen LogP contribution is 2.15. The van der Waals surface area contributed by atoms with Crippen molar-refractivity contribution in [1.82, 2.24) is 30.5 Å². The molecule has 0 unspecified atom stereocenters. The van der Waals surface area contributed by atoms with Crippen LogP contribution in [0.15, 0.2) is 16.7 Å². The van der Waals surface area contributed by atoms with E-state index in [1.54, 1.807) is 18.5 Å². The number of nitrogens with zero attached hydrogens (tertiary/aromatic N) is 5. The molecule has 9 heteroatoms. The van der Waals surface area contributed by atoms with E-state index in [0.29, 0.717) is 41.7 Å². The van der Waals surface area contributed by atoms with Gasteiger partial charge in [0.05, 0.1) is 11.4 Å². The largest absolute Gasteiger partial charge is 0.367 e. The van der Waals surface area contributed by atoms with Crippen molar-refractivity contribution in [1.29, 1.82) is 0 Å². The Morgan fingerprint density at radius 1 is 1.07 bits per heavy atom. The molecule has 3 rings (SSSR count). The molecule has 3 heterocycles. The van der Waals surface area contributed by atoms with E-state index in [0.717, 1.165) is 17.0 Å². The van der Waals surface area contributed by atoms with E-state index in [1.165, 1.54) is 0 Å². The molecule has 0 spiro atoms. The van der Waals surface area contributed by atoms with Crippen molar-refractivity contribution < 1.29 is 9.32 Å². The number of carbonyl (C=O) groups excluding carboxylic acids is 1. The van der Waals surface area contributed by atoms with E-state index in [1.807, 2.05) is 32.9 Å². The van der Waals surface area contributed by atoms with Gasteiger partial charge in [-0.15, -0.1) is 10.2 Å². The first kappa shape index (κ1) is 18.6. The van der Waals surface area contributed by atoms with E-state index >= 15 is 0 Å². The third-order valence-electron chi connectivity index (χ3n) is 4.50. The standard InChI is InChI=1S/C18H23N7O2/c1-10-11(2)23-25(13(10)4)16-7-6-15(21-22-16)19-8-9-20-18(26)17-12(3)24-27-14(17)5/h6-7H,8-9H2,1-5H3,(H,19,21)(H,20,26). The molecule has 1 amide bonds. The van der Waals surface area contributed by atoms with Crippen molar-refractivity contribution in [3.8, 4) is 5.82 Å². The quantitative estimate of drug-likeness (QED) is 0.640. The van der Waals surface area contributed by atoms with Crippen LogP contribution in [-0.2, 0) is 0 Å². The average molecular weight is 369 g/mol. The second-order valence-electron chi connectivity index (χ2n) is 6.37. The van der Waals surface area contributed by atoms with Crippen LogP contribution in [0.4, 0.5) is 5.82 Å². The van der Waals surface area contributed by atoms with Gasteiger partial charge in [0, 0.05) is 18.8 Å². The minimum atomic E-state index is -0.200. The lowest BCUT2D eigenvalue weighted by molar-refractivity contribution is 0.0953. The van der Waals surface area contributed by atoms with Gasteiger partial charge in [-0.3, -0.25) is 4.79 Å². The first-order chi connectivity index (χ1) is 12.9. The second kappa shape index (κ2) is 7.56. The molecule has 3 aromatic rings. The number of aromatic nitrogens is 5. The third-order valence-corrected chi connectivity index (χ3v) is 4.50. The first-order valence-electron chi connectivity index (χ1n) is 8.70. The Morgan fingerprint density at radius 2 is 1.85 bits per heavy atom. The Labute approximate surface area is 157 Å². The van der Waals surface area contributed by atoms with Crippen molar-refractivity contribution in [2.24, 2.45) is 0 Å². The molecular weight excluding hydrogens is 346 g/mol. The molecule has 0 bridgehead atoms. The molecule has 142 valence electrons. The number of nitrogens with one attached hydrogen (secondary N) is 2. The van der Waals surface area contributed by atoms with E-state index < -0.39 is 0 Å². The molecular formula is C18H23N7O2. The fourth-order valence-corrected chi connectivity index (χ4v) is 2.74. The van der Waals surface area contributed by atoms with Crippen LogP contribution in [0.1, 0.15) is 38.8 Å². The summed E-state index contributed by atoms with van der Waals surface area (Å²) < 4.78 is 6.79. The highest BCUT2D eigenvalue weighted by atomic mass is 16.5. The number of anilines is 1. The molecule has 27 heavy (non-hydrogen) atoms. The molecule has 0 saturated heterocycles. The molecule has 0 aromatic carbocycles. The summed E-state index contributed by atoms with van der Waals surface area (Å²) in [7, 11) is 0. The summed E-state index contributed by atoms with van der Waals surface area (Å²) in [5.74, 6) is 1.61. The van der Waals surface area contributed by atoms with Gasteiger partial charge in [0.15, 0.2) is 5.82 Å². The normalized spacial score (nSPS) is 10.9. The summed E-state index contributed by atoms with van der Waals surface area (Å²) in [4.78, 5) is 12.1. The van der Waals surface area contributed by atoms with E-state index in [-0.39, 0.29) is 5.91 Å². The molecule has 3 aromatic heterocycles. The van der Waals surface area contributed by atoms with Crippen molar-refractivity contribution in [2.75, 3.05) is 18.4 Å². The molecule has 0 atom stereocenters. The van der Waals surface area contributed by atoms with Gasteiger partial charge in [-0.1, -0.05) is 5.16 Å². The van der Waals surface area contributed by atoms with Gasteiger partial charge in [-0.05, 0) is 52.3 Å².